The lowest BCUT2D eigenvalue weighted by Crippen LogP contribution is -2.37. The smallest absolute Gasteiger partial charge is 0.203 e. The number of nitrogens with zero attached hydrogens (tertiary/aromatic N) is 2. The van der Waals surface area contributed by atoms with Crippen molar-refractivity contribution in [2.24, 2.45) is 16.6 Å². The number of hydrazine groups is 1. The largest absolute Gasteiger partial charge is 0.369 e. The molecule has 1 aromatic heterocycles. The number of rotatable bonds is 3. The molecule has 6 N–H and O–H groups in total. The van der Waals surface area contributed by atoms with Gasteiger partial charge in [0.05, 0.1) is 0 Å². The van der Waals surface area contributed by atoms with Crippen LogP contribution in [0.2, 0.25) is 0 Å². The molecule has 0 aliphatic heterocycles. The summed E-state index contributed by atoms with van der Waals surface area (Å²) in [4.78, 5) is 10.9. The molecular weight excluding hydrogens is 156 g/mol. The fourth-order valence-corrected chi connectivity index (χ4v) is 0.763. The average Bonchev–Trinajstić information content (AvgIpc) is 2.57. The Morgan fingerprint density at radius 2 is 2.58 bits per heavy atom. The van der Waals surface area contributed by atoms with E-state index < -0.39 is 0 Å². The van der Waals surface area contributed by atoms with Crippen LogP contribution in [0.5, 0.6) is 0 Å². The number of guanidine groups is 1. The molecule has 0 atom stereocenters. The lowest BCUT2D eigenvalue weighted by atomic mass is 10.4. The second-order valence-electron chi connectivity index (χ2n) is 2.20. The van der Waals surface area contributed by atoms with Gasteiger partial charge in [-0.1, -0.05) is 0 Å². The molecule has 0 aromatic carbocycles. The van der Waals surface area contributed by atoms with E-state index in [4.69, 9.17) is 11.6 Å². The minimum absolute atomic E-state index is 0.238. The number of hydrogen-bond donors (Lipinski definition) is 4. The molecule has 66 valence electrons. The van der Waals surface area contributed by atoms with E-state index in [1.54, 1.807) is 12.4 Å². The number of nitrogens with one attached hydrogen (secondary N) is 2. The first kappa shape index (κ1) is 8.54. The fraction of sp³-hybridized carbons (Fsp3) is 0.333. The Bertz CT molecular complexity index is 239. The number of aromatic nitrogens is 2. The van der Waals surface area contributed by atoms with Crippen molar-refractivity contribution in [3.63, 3.8) is 0 Å². The van der Waals surface area contributed by atoms with Crippen LogP contribution < -0.4 is 17.0 Å². The van der Waals surface area contributed by atoms with E-state index in [-0.39, 0.29) is 5.96 Å². The van der Waals surface area contributed by atoms with Crippen LogP contribution >= 0.6 is 0 Å². The third kappa shape index (κ3) is 2.59. The minimum Gasteiger partial charge on any atom is -0.369 e. The molecule has 0 amide bonds. The van der Waals surface area contributed by atoms with E-state index in [0.29, 0.717) is 6.54 Å². The van der Waals surface area contributed by atoms with E-state index in [1.807, 2.05) is 0 Å². The van der Waals surface area contributed by atoms with Crippen molar-refractivity contribution in [3.8, 4) is 0 Å². The zero-order valence-corrected chi connectivity index (χ0v) is 6.62. The van der Waals surface area contributed by atoms with Crippen molar-refractivity contribution in [1.29, 1.82) is 0 Å². The van der Waals surface area contributed by atoms with Gasteiger partial charge >= 0.3 is 0 Å². The van der Waals surface area contributed by atoms with Crippen LogP contribution in [0, 0.1) is 0 Å². The fourth-order valence-electron chi connectivity index (χ4n) is 0.763. The number of imidazole rings is 1. The van der Waals surface area contributed by atoms with Gasteiger partial charge in [-0.05, 0) is 0 Å². The molecule has 1 rings (SSSR count). The maximum absolute atomic E-state index is 5.30. The molecule has 0 spiro atoms. The third-order valence-corrected chi connectivity index (χ3v) is 1.33. The van der Waals surface area contributed by atoms with Crippen LogP contribution in [0.4, 0.5) is 0 Å². The summed E-state index contributed by atoms with van der Waals surface area (Å²) in [5, 5.41) is 0. The molecule has 6 heteroatoms. The third-order valence-electron chi connectivity index (χ3n) is 1.33. The van der Waals surface area contributed by atoms with E-state index in [1.165, 1.54) is 0 Å². The topological polar surface area (TPSA) is 105 Å². The minimum atomic E-state index is 0.238. The predicted octanol–water partition coefficient (Wildman–Crippen LogP) is -1.27. The lowest BCUT2D eigenvalue weighted by Gasteiger charge is -1.96. The molecule has 0 saturated carbocycles. The summed E-state index contributed by atoms with van der Waals surface area (Å²) in [6, 6.07) is 0. The highest BCUT2D eigenvalue weighted by molar-refractivity contribution is 5.77. The van der Waals surface area contributed by atoms with Crippen molar-refractivity contribution in [3.05, 3.63) is 18.2 Å². The van der Waals surface area contributed by atoms with E-state index in [0.717, 1.165) is 12.2 Å². The van der Waals surface area contributed by atoms with Crippen LogP contribution in [0.1, 0.15) is 5.82 Å². The number of aromatic amines is 1. The number of hydrogen-bond acceptors (Lipinski definition) is 3. The standard InChI is InChI=1S/C6H12N6/c7-6(12-8)11-2-1-5-9-3-4-10-5/h3-4H,1-2,8H2,(H,9,10)(H3,7,11,12). The monoisotopic (exact) mass is 168 g/mol. The van der Waals surface area contributed by atoms with Gasteiger partial charge in [0.25, 0.3) is 0 Å². The number of aliphatic imine (C=N–C) groups is 1. The normalized spacial score (nSPS) is 11.6. The Kier molecular flexibility index (Phi) is 3.09. The van der Waals surface area contributed by atoms with Crippen molar-refractivity contribution in [2.45, 2.75) is 6.42 Å². The number of H-pyrrole nitrogens is 1. The molecule has 0 unspecified atom stereocenters. The lowest BCUT2D eigenvalue weighted by molar-refractivity contribution is 0.876. The van der Waals surface area contributed by atoms with E-state index >= 15 is 0 Å². The maximum atomic E-state index is 5.30. The molecule has 1 aromatic rings. The molecule has 0 aliphatic rings. The highest BCUT2D eigenvalue weighted by Gasteiger charge is 1.92. The summed E-state index contributed by atoms with van der Waals surface area (Å²) < 4.78 is 0. The van der Waals surface area contributed by atoms with Crippen LogP contribution in [0.15, 0.2) is 17.4 Å². The average molecular weight is 168 g/mol. The Morgan fingerprint density at radius 1 is 1.75 bits per heavy atom. The highest BCUT2D eigenvalue weighted by Crippen LogP contribution is 1.89. The molecule has 12 heavy (non-hydrogen) atoms. The summed E-state index contributed by atoms with van der Waals surface area (Å²) in [5.41, 5.74) is 7.54. The molecule has 0 bridgehead atoms. The van der Waals surface area contributed by atoms with Gasteiger partial charge in [-0.15, -0.1) is 0 Å². The van der Waals surface area contributed by atoms with Crippen LogP contribution in [-0.2, 0) is 6.42 Å². The zero-order chi connectivity index (χ0) is 8.81. The molecule has 0 saturated heterocycles. The Hall–Kier alpha value is -1.56. The molecule has 1 heterocycles. The van der Waals surface area contributed by atoms with Crippen LogP contribution in [0.25, 0.3) is 0 Å². The summed E-state index contributed by atoms with van der Waals surface area (Å²) in [5.74, 6) is 6.13. The zero-order valence-electron chi connectivity index (χ0n) is 6.62. The molecule has 0 radical (unpaired) electrons. The van der Waals surface area contributed by atoms with Crippen LogP contribution in [0.3, 0.4) is 0 Å². The first-order valence-corrected chi connectivity index (χ1v) is 3.57. The van der Waals surface area contributed by atoms with Crippen molar-refractivity contribution in [1.82, 2.24) is 15.4 Å². The quantitative estimate of drug-likeness (QED) is 0.195. The van der Waals surface area contributed by atoms with E-state index in [2.05, 4.69) is 20.4 Å². The highest BCUT2D eigenvalue weighted by atomic mass is 15.3. The molecule has 0 fully saturated rings. The van der Waals surface area contributed by atoms with Crippen LogP contribution in [-0.4, -0.2) is 22.5 Å². The van der Waals surface area contributed by atoms with Gasteiger partial charge in [0, 0.05) is 25.4 Å². The summed E-state index contributed by atoms with van der Waals surface area (Å²) in [6.07, 6.45) is 4.20. The maximum Gasteiger partial charge on any atom is 0.203 e. The van der Waals surface area contributed by atoms with Gasteiger partial charge < -0.3 is 10.7 Å². The summed E-state index contributed by atoms with van der Waals surface area (Å²) in [6.45, 7) is 0.573. The van der Waals surface area contributed by atoms with E-state index in [9.17, 15) is 0 Å². The Balaban J connectivity index is 2.28. The van der Waals surface area contributed by atoms with Crippen molar-refractivity contribution >= 4 is 5.96 Å². The second kappa shape index (κ2) is 4.35. The summed E-state index contributed by atoms with van der Waals surface area (Å²) >= 11 is 0. The van der Waals surface area contributed by atoms with Gasteiger partial charge in [0.1, 0.15) is 5.82 Å². The Labute approximate surface area is 70.1 Å². The second-order valence-corrected chi connectivity index (χ2v) is 2.20. The van der Waals surface area contributed by atoms with Gasteiger partial charge in [0.2, 0.25) is 5.96 Å². The summed E-state index contributed by atoms with van der Waals surface area (Å²) in [7, 11) is 0. The van der Waals surface area contributed by atoms with Gasteiger partial charge in [-0.3, -0.25) is 10.4 Å². The molecule has 6 nitrogen and oxygen atoms in total. The van der Waals surface area contributed by atoms with Gasteiger partial charge in [-0.25, -0.2) is 10.8 Å². The molecular formula is C6H12N6. The van der Waals surface area contributed by atoms with Crippen molar-refractivity contribution in [2.75, 3.05) is 6.54 Å². The first-order chi connectivity index (χ1) is 5.83. The van der Waals surface area contributed by atoms with Gasteiger partial charge in [-0.2, -0.15) is 0 Å². The first-order valence-electron chi connectivity index (χ1n) is 3.57. The van der Waals surface area contributed by atoms with Gasteiger partial charge in [0.15, 0.2) is 0 Å². The number of nitrogens with two attached hydrogens (primary N) is 2. The SMILES string of the molecule is NNC(N)=NCCc1ncc[nH]1. The van der Waals surface area contributed by atoms with Crippen molar-refractivity contribution < 1.29 is 0 Å². The Morgan fingerprint density at radius 3 is 3.17 bits per heavy atom. The predicted molar refractivity (Wildman–Crippen MR) is 46.1 cm³/mol. The molecule has 0 aliphatic carbocycles.